The molecule has 122 valence electrons. The van der Waals surface area contributed by atoms with Gasteiger partial charge in [0, 0.05) is 12.1 Å². The second-order valence-corrected chi connectivity index (χ2v) is 7.38. The third-order valence-electron chi connectivity index (χ3n) is 4.07. The molecule has 2 aromatic carbocycles. The van der Waals surface area contributed by atoms with E-state index >= 15 is 0 Å². The second kappa shape index (κ2) is 6.31. The highest BCUT2D eigenvalue weighted by Gasteiger charge is 2.21. The molecule has 1 aliphatic heterocycles. The maximum atomic E-state index is 11.3. The van der Waals surface area contributed by atoms with Crippen LogP contribution < -0.4 is 15.2 Å². The topological polar surface area (TPSA) is 81.4 Å². The summed E-state index contributed by atoms with van der Waals surface area (Å²) in [6, 6.07) is 15.0. The van der Waals surface area contributed by atoms with Crippen LogP contribution in [0.2, 0.25) is 0 Å². The number of hydrogen-bond acceptors (Lipinski definition) is 4. The highest BCUT2D eigenvalue weighted by molar-refractivity contribution is 7.89. The van der Waals surface area contributed by atoms with Gasteiger partial charge in [-0.15, -0.1) is 0 Å². The molecule has 0 amide bonds. The molecule has 3 rings (SSSR count). The number of benzene rings is 2. The van der Waals surface area contributed by atoms with Crippen molar-refractivity contribution in [2.45, 2.75) is 30.3 Å². The molecule has 0 radical (unpaired) electrons. The van der Waals surface area contributed by atoms with Gasteiger partial charge in [-0.05, 0) is 42.7 Å². The Morgan fingerprint density at radius 1 is 1.17 bits per heavy atom. The first-order valence-electron chi connectivity index (χ1n) is 7.53. The van der Waals surface area contributed by atoms with Gasteiger partial charge in [0.2, 0.25) is 10.0 Å². The Morgan fingerprint density at radius 2 is 1.87 bits per heavy atom. The molecule has 1 aliphatic rings. The van der Waals surface area contributed by atoms with E-state index in [0.29, 0.717) is 6.61 Å². The summed E-state index contributed by atoms with van der Waals surface area (Å²) in [5.74, 6) is 0.954. The Balaban J connectivity index is 1.67. The Labute approximate surface area is 136 Å². The zero-order chi connectivity index (χ0) is 16.4. The van der Waals surface area contributed by atoms with Gasteiger partial charge in [-0.1, -0.05) is 30.3 Å². The lowest BCUT2D eigenvalue weighted by atomic mass is 10.0. The van der Waals surface area contributed by atoms with E-state index in [0.717, 1.165) is 17.7 Å². The first-order chi connectivity index (χ1) is 10.9. The molecular formula is C17H20N2O3S. The van der Waals surface area contributed by atoms with Crippen molar-refractivity contribution in [2.75, 3.05) is 6.61 Å². The van der Waals surface area contributed by atoms with E-state index in [-0.39, 0.29) is 17.0 Å². The van der Waals surface area contributed by atoms with Crippen LogP contribution in [0.15, 0.2) is 53.4 Å². The van der Waals surface area contributed by atoms with Crippen LogP contribution in [-0.2, 0) is 16.4 Å². The van der Waals surface area contributed by atoms with E-state index in [1.54, 1.807) is 12.1 Å². The van der Waals surface area contributed by atoms with E-state index in [4.69, 9.17) is 9.88 Å². The largest absolute Gasteiger partial charge is 0.492 e. The summed E-state index contributed by atoms with van der Waals surface area (Å²) in [6.07, 6.45) is 0.912. The predicted octanol–water partition coefficient (Wildman–Crippen LogP) is 1.99. The monoisotopic (exact) mass is 332 g/mol. The quantitative estimate of drug-likeness (QED) is 0.897. The van der Waals surface area contributed by atoms with Crippen molar-refractivity contribution >= 4 is 10.0 Å². The minimum absolute atomic E-state index is 0.0865. The zero-order valence-electron chi connectivity index (χ0n) is 12.9. The molecule has 0 saturated carbocycles. The molecule has 0 spiro atoms. The molecule has 0 fully saturated rings. The molecule has 6 heteroatoms. The summed E-state index contributed by atoms with van der Waals surface area (Å²) < 4.78 is 28.4. The first kappa shape index (κ1) is 16.0. The summed E-state index contributed by atoms with van der Waals surface area (Å²) in [5.41, 5.74) is 2.21. The number of nitrogens with two attached hydrogens (primary N) is 1. The molecule has 3 N–H and O–H groups in total. The van der Waals surface area contributed by atoms with Crippen LogP contribution in [0.4, 0.5) is 0 Å². The fraction of sp³-hybridized carbons (Fsp3) is 0.294. The van der Waals surface area contributed by atoms with Crippen LogP contribution in [0.5, 0.6) is 5.75 Å². The van der Waals surface area contributed by atoms with Crippen LogP contribution in [-0.4, -0.2) is 21.1 Å². The standard InChI is InChI=1S/C17H20N2O3S/c1-12(13-6-8-16(9-7-13)23(18,20)21)19-15-10-14-4-2-3-5-17(14)22-11-15/h2-9,12,15,19H,10-11H2,1H3,(H2,18,20,21)/t12-,15-/m0/s1. The van der Waals surface area contributed by atoms with Crippen molar-refractivity contribution in [3.8, 4) is 5.75 Å². The lowest BCUT2D eigenvalue weighted by Crippen LogP contribution is -2.40. The van der Waals surface area contributed by atoms with Crippen molar-refractivity contribution in [2.24, 2.45) is 5.14 Å². The second-order valence-electron chi connectivity index (χ2n) is 5.82. The molecule has 0 aromatic heterocycles. The van der Waals surface area contributed by atoms with Crippen LogP contribution in [0.1, 0.15) is 24.1 Å². The predicted molar refractivity (Wildman–Crippen MR) is 88.8 cm³/mol. The fourth-order valence-corrected chi connectivity index (χ4v) is 3.35. The van der Waals surface area contributed by atoms with Crippen molar-refractivity contribution < 1.29 is 13.2 Å². The summed E-state index contributed by atoms with van der Waals surface area (Å²) >= 11 is 0. The van der Waals surface area contributed by atoms with Gasteiger partial charge in [0.25, 0.3) is 0 Å². The van der Waals surface area contributed by atoms with Crippen LogP contribution >= 0.6 is 0 Å². The average Bonchev–Trinajstić information content (AvgIpc) is 2.54. The molecule has 0 saturated heterocycles. The van der Waals surface area contributed by atoms with E-state index in [9.17, 15) is 8.42 Å². The number of nitrogens with one attached hydrogen (secondary N) is 1. The van der Waals surface area contributed by atoms with Gasteiger partial charge in [-0.3, -0.25) is 0 Å². The number of hydrogen-bond donors (Lipinski definition) is 2. The normalized spacial score (nSPS) is 18.8. The molecule has 0 bridgehead atoms. The molecular weight excluding hydrogens is 312 g/mol. The zero-order valence-corrected chi connectivity index (χ0v) is 13.7. The molecule has 5 nitrogen and oxygen atoms in total. The first-order valence-corrected chi connectivity index (χ1v) is 9.07. The van der Waals surface area contributed by atoms with Gasteiger partial charge < -0.3 is 10.1 Å². The van der Waals surface area contributed by atoms with Crippen molar-refractivity contribution in [1.82, 2.24) is 5.32 Å². The highest BCUT2D eigenvalue weighted by Crippen LogP contribution is 2.25. The minimum Gasteiger partial charge on any atom is -0.492 e. The Kier molecular flexibility index (Phi) is 4.39. The van der Waals surface area contributed by atoms with E-state index in [1.807, 2.05) is 25.1 Å². The number of para-hydroxylation sites is 1. The fourth-order valence-electron chi connectivity index (χ4n) is 2.83. The number of sulfonamides is 1. The molecule has 23 heavy (non-hydrogen) atoms. The van der Waals surface area contributed by atoms with Crippen molar-refractivity contribution in [3.63, 3.8) is 0 Å². The maximum absolute atomic E-state index is 11.3. The van der Waals surface area contributed by atoms with Crippen LogP contribution in [0, 0.1) is 0 Å². The van der Waals surface area contributed by atoms with Gasteiger partial charge in [0.15, 0.2) is 0 Å². The van der Waals surface area contributed by atoms with E-state index in [2.05, 4.69) is 11.4 Å². The average molecular weight is 332 g/mol. The SMILES string of the molecule is C[C@H](N[C@@H]1COc2ccccc2C1)c1ccc(S(N)(=O)=O)cc1. The summed E-state index contributed by atoms with van der Waals surface area (Å²) in [5, 5.41) is 8.65. The maximum Gasteiger partial charge on any atom is 0.238 e. The molecule has 2 aromatic rings. The van der Waals surface area contributed by atoms with E-state index in [1.165, 1.54) is 17.7 Å². The van der Waals surface area contributed by atoms with Crippen molar-refractivity contribution in [3.05, 3.63) is 59.7 Å². The summed E-state index contributed by atoms with van der Waals surface area (Å²) in [7, 11) is -3.65. The van der Waals surface area contributed by atoms with Gasteiger partial charge in [-0.2, -0.15) is 0 Å². The number of primary sulfonamides is 1. The molecule has 1 heterocycles. The molecule has 2 atom stereocenters. The molecule has 0 aliphatic carbocycles. The lowest BCUT2D eigenvalue weighted by molar-refractivity contribution is 0.229. The third kappa shape index (κ3) is 3.72. The Hall–Kier alpha value is -1.89. The third-order valence-corrected chi connectivity index (χ3v) is 5.00. The highest BCUT2D eigenvalue weighted by atomic mass is 32.2. The Morgan fingerprint density at radius 3 is 2.57 bits per heavy atom. The van der Waals surface area contributed by atoms with Crippen LogP contribution in [0.3, 0.4) is 0 Å². The van der Waals surface area contributed by atoms with Gasteiger partial charge in [0.05, 0.1) is 4.90 Å². The molecule has 0 unspecified atom stereocenters. The minimum atomic E-state index is -3.65. The van der Waals surface area contributed by atoms with Gasteiger partial charge in [0.1, 0.15) is 12.4 Å². The Bertz CT molecular complexity index is 788. The number of fused-ring (bicyclic) bond motifs is 1. The number of ether oxygens (including phenoxy) is 1. The summed E-state index contributed by atoms with van der Waals surface area (Å²) in [4.78, 5) is 0.128. The van der Waals surface area contributed by atoms with Crippen molar-refractivity contribution in [1.29, 1.82) is 0 Å². The van der Waals surface area contributed by atoms with Gasteiger partial charge >= 0.3 is 0 Å². The number of rotatable bonds is 4. The smallest absolute Gasteiger partial charge is 0.238 e. The lowest BCUT2D eigenvalue weighted by Gasteiger charge is -2.29. The summed E-state index contributed by atoms with van der Waals surface area (Å²) in [6.45, 7) is 2.67. The van der Waals surface area contributed by atoms with Gasteiger partial charge in [-0.25, -0.2) is 13.6 Å². The van der Waals surface area contributed by atoms with E-state index < -0.39 is 10.0 Å². The van der Waals surface area contributed by atoms with Crippen LogP contribution in [0.25, 0.3) is 0 Å².